The molecule has 1 saturated heterocycles. The van der Waals surface area contributed by atoms with Crippen molar-refractivity contribution in [2.75, 3.05) is 5.73 Å². The van der Waals surface area contributed by atoms with Crippen LogP contribution in [0.3, 0.4) is 0 Å². The Labute approximate surface area is 136 Å². The Bertz CT molecular complexity index is 802. The molecular formula is C14H18N4O4S. The Kier molecular flexibility index (Phi) is 4.07. The average Bonchev–Trinajstić information content (AvgIpc) is 2.98. The van der Waals surface area contributed by atoms with Gasteiger partial charge in [-0.15, -0.1) is 0 Å². The summed E-state index contributed by atoms with van der Waals surface area (Å²) >= 11 is 0.960. The van der Waals surface area contributed by atoms with E-state index >= 15 is 0 Å². The highest BCUT2D eigenvalue weighted by Crippen LogP contribution is 2.38. The number of fused-ring (bicyclic) bond motifs is 1. The summed E-state index contributed by atoms with van der Waals surface area (Å²) in [4.78, 5) is 31.7. The van der Waals surface area contributed by atoms with Gasteiger partial charge in [0, 0.05) is 12.8 Å². The number of carbonyl (C=O) groups is 1. The Morgan fingerprint density at radius 1 is 1.52 bits per heavy atom. The Morgan fingerprint density at radius 3 is 2.91 bits per heavy atom. The van der Waals surface area contributed by atoms with Crippen LogP contribution in [-0.2, 0) is 14.3 Å². The van der Waals surface area contributed by atoms with Gasteiger partial charge in [0.25, 0.3) is 0 Å². The number of anilines is 1. The first kappa shape index (κ1) is 15.9. The first-order valence-corrected chi connectivity index (χ1v) is 8.19. The molecule has 2 aromatic heterocycles. The van der Waals surface area contributed by atoms with E-state index in [0.717, 1.165) is 17.8 Å². The van der Waals surface area contributed by atoms with Gasteiger partial charge < -0.3 is 15.2 Å². The number of nitrogens with zero attached hydrogens (tertiary/aromatic N) is 3. The SMILES string of the molecule is CC[C@H]1O[C@@H](n2c(=O)sc3c(N)ncnc32)[C@H](OC(C)=O)[C@@H]1C. The highest BCUT2D eigenvalue weighted by Gasteiger charge is 2.45. The summed E-state index contributed by atoms with van der Waals surface area (Å²) in [7, 11) is 0. The number of carbonyl (C=O) groups excluding carboxylic acids is 1. The lowest BCUT2D eigenvalue weighted by Gasteiger charge is -2.21. The minimum absolute atomic E-state index is 0.0325. The van der Waals surface area contributed by atoms with Gasteiger partial charge in [0.1, 0.15) is 16.8 Å². The summed E-state index contributed by atoms with van der Waals surface area (Å²) in [5.74, 6) is -0.193. The van der Waals surface area contributed by atoms with E-state index in [1.54, 1.807) is 0 Å². The molecule has 124 valence electrons. The first-order valence-electron chi connectivity index (χ1n) is 7.38. The summed E-state index contributed by atoms with van der Waals surface area (Å²) in [5.41, 5.74) is 6.22. The van der Waals surface area contributed by atoms with Crippen LogP contribution >= 0.6 is 11.3 Å². The molecule has 2 N–H and O–H groups in total. The van der Waals surface area contributed by atoms with E-state index in [9.17, 15) is 9.59 Å². The number of hydrogen-bond acceptors (Lipinski definition) is 8. The van der Waals surface area contributed by atoms with Crippen LogP contribution in [0.15, 0.2) is 11.1 Å². The van der Waals surface area contributed by atoms with Gasteiger partial charge in [0.15, 0.2) is 18.0 Å². The average molecular weight is 338 g/mol. The lowest BCUT2D eigenvalue weighted by molar-refractivity contribution is -0.153. The minimum atomic E-state index is -0.714. The molecule has 1 aliphatic heterocycles. The molecule has 0 aliphatic carbocycles. The molecule has 8 nitrogen and oxygen atoms in total. The van der Waals surface area contributed by atoms with Crippen LogP contribution < -0.4 is 10.6 Å². The minimum Gasteiger partial charge on any atom is -0.457 e. The summed E-state index contributed by atoms with van der Waals surface area (Å²) in [5, 5.41) is 0. The van der Waals surface area contributed by atoms with E-state index in [0.29, 0.717) is 10.3 Å². The van der Waals surface area contributed by atoms with Crippen LogP contribution in [0.25, 0.3) is 10.3 Å². The molecule has 0 bridgehead atoms. The van der Waals surface area contributed by atoms with Crippen LogP contribution in [0.4, 0.5) is 5.82 Å². The van der Waals surface area contributed by atoms with Crippen molar-refractivity contribution in [3.63, 3.8) is 0 Å². The van der Waals surface area contributed by atoms with Gasteiger partial charge in [-0.3, -0.25) is 14.2 Å². The van der Waals surface area contributed by atoms with Gasteiger partial charge in [-0.25, -0.2) is 9.97 Å². The van der Waals surface area contributed by atoms with E-state index < -0.39 is 18.3 Å². The van der Waals surface area contributed by atoms with Crippen LogP contribution in [-0.4, -0.2) is 32.7 Å². The van der Waals surface area contributed by atoms with E-state index in [1.165, 1.54) is 17.8 Å². The number of esters is 1. The molecule has 0 aromatic carbocycles. The molecule has 0 saturated carbocycles. The van der Waals surface area contributed by atoms with Gasteiger partial charge in [-0.05, 0) is 6.42 Å². The zero-order valence-electron chi connectivity index (χ0n) is 13.1. The van der Waals surface area contributed by atoms with Crippen molar-refractivity contribution < 1.29 is 14.3 Å². The smallest absolute Gasteiger partial charge is 0.311 e. The molecule has 4 atom stereocenters. The predicted octanol–water partition coefficient (Wildman–Crippen LogP) is 1.31. The zero-order chi connectivity index (χ0) is 16.7. The Balaban J connectivity index is 2.12. The Hall–Kier alpha value is -2.00. The third kappa shape index (κ3) is 2.59. The number of nitrogen functional groups attached to an aromatic ring is 1. The fourth-order valence-electron chi connectivity index (χ4n) is 2.98. The topological polar surface area (TPSA) is 109 Å². The molecule has 0 amide bonds. The quantitative estimate of drug-likeness (QED) is 0.840. The molecule has 0 radical (unpaired) electrons. The second-order valence-electron chi connectivity index (χ2n) is 5.56. The van der Waals surface area contributed by atoms with Gasteiger partial charge in [-0.2, -0.15) is 0 Å². The molecular weight excluding hydrogens is 320 g/mol. The highest BCUT2D eigenvalue weighted by atomic mass is 32.1. The van der Waals surface area contributed by atoms with E-state index in [-0.39, 0.29) is 22.7 Å². The number of hydrogen-bond donors (Lipinski definition) is 1. The van der Waals surface area contributed by atoms with E-state index in [4.69, 9.17) is 15.2 Å². The largest absolute Gasteiger partial charge is 0.457 e. The Morgan fingerprint density at radius 2 is 2.26 bits per heavy atom. The second kappa shape index (κ2) is 5.89. The summed E-state index contributed by atoms with van der Waals surface area (Å²) in [6.07, 6.45) is 0.684. The van der Waals surface area contributed by atoms with Gasteiger partial charge >= 0.3 is 10.8 Å². The molecule has 0 unspecified atom stereocenters. The maximum absolute atomic E-state index is 12.4. The van der Waals surface area contributed by atoms with E-state index in [1.807, 2.05) is 13.8 Å². The van der Waals surface area contributed by atoms with Crippen LogP contribution in [0.2, 0.25) is 0 Å². The number of aromatic nitrogens is 3. The number of nitrogens with two attached hydrogens (primary N) is 1. The number of rotatable bonds is 3. The van der Waals surface area contributed by atoms with Crippen LogP contribution in [0.1, 0.15) is 33.4 Å². The van der Waals surface area contributed by atoms with Crippen molar-refractivity contribution in [3.8, 4) is 0 Å². The molecule has 23 heavy (non-hydrogen) atoms. The summed E-state index contributed by atoms with van der Waals surface area (Å²) in [6.45, 7) is 5.28. The third-order valence-electron chi connectivity index (χ3n) is 4.09. The molecule has 9 heteroatoms. The monoisotopic (exact) mass is 338 g/mol. The van der Waals surface area contributed by atoms with Crippen molar-refractivity contribution in [3.05, 3.63) is 16.0 Å². The van der Waals surface area contributed by atoms with Crippen molar-refractivity contribution in [2.45, 2.75) is 45.6 Å². The number of ether oxygens (including phenoxy) is 2. The van der Waals surface area contributed by atoms with Crippen molar-refractivity contribution in [1.29, 1.82) is 0 Å². The summed E-state index contributed by atoms with van der Waals surface area (Å²) < 4.78 is 13.4. The maximum Gasteiger partial charge on any atom is 0.311 e. The lowest BCUT2D eigenvalue weighted by atomic mass is 9.98. The van der Waals surface area contributed by atoms with Gasteiger partial charge in [0.2, 0.25) is 0 Å². The molecule has 3 heterocycles. The van der Waals surface area contributed by atoms with Crippen molar-refractivity contribution in [1.82, 2.24) is 14.5 Å². The molecule has 1 aliphatic rings. The highest BCUT2D eigenvalue weighted by molar-refractivity contribution is 7.17. The molecule has 0 spiro atoms. The van der Waals surface area contributed by atoms with Gasteiger partial charge in [-0.1, -0.05) is 25.2 Å². The summed E-state index contributed by atoms with van der Waals surface area (Å²) in [6, 6.07) is 0. The van der Waals surface area contributed by atoms with E-state index in [2.05, 4.69) is 9.97 Å². The predicted molar refractivity (Wildman–Crippen MR) is 85.0 cm³/mol. The van der Waals surface area contributed by atoms with Crippen molar-refractivity contribution >= 4 is 33.5 Å². The maximum atomic E-state index is 12.4. The standard InChI is InChI=1S/C14H18N4O4S/c1-4-8-6(2)9(21-7(3)19)13(22-8)18-12-10(23-14(18)20)11(15)16-5-17-12/h5-6,8-9,13H,4H2,1-3H3,(H2,15,16,17)/t6-,8-,9-,13-/m1/s1. The second-order valence-corrected chi connectivity index (χ2v) is 6.52. The fourth-order valence-corrected chi connectivity index (χ4v) is 3.84. The van der Waals surface area contributed by atoms with Crippen LogP contribution in [0, 0.1) is 5.92 Å². The number of thiazole rings is 1. The van der Waals surface area contributed by atoms with Gasteiger partial charge in [0.05, 0.1) is 6.10 Å². The zero-order valence-corrected chi connectivity index (χ0v) is 13.9. The third-order valence-corrected chi connectivity index (χ3v) is 5.05. The lowest BCUT2D eigenvalue weighted by Crippen LogP contribution is -2.33. The normalized spacial score (nSPS) is 27.4. The first-order chi connectivity index (χ1) is 10.9. The molecule has 3 rings (SSSR count). The molecule has 2 aromatic rings. The van der Waals surface area contributed by atoms with Crippen molar-refractivity contribution in [2.24, 2.45) is 5.92 Å². The van der Waals surface area contributed by atoms with Crippen LogP contribution in [0.5, 0.6) is 0 Å². The fraction of sp³-hybridized carbons (Fsp3) is 0.571. The molecule has 1 fully saturated rings.